The van der Waals surface area contributed by atoms with Gasteiger partial charge >= 0.3 is 0 Å². The van der Waals surface area contributed by atoms with E-state index < -0.39 is 0 Å². The van der Waals surface area contributed by atoms with Gasteiger partial charge in [-0.1, -0.05) is 0 Å². The number of hydrogen-bond donors (Lipinski definition) is 1. The van der Waals surface area contributed by atoms with E-state index in [0.29, 0.717) is 12.1 Å². The summed E-state index contributed by atoms with van der Waals surface area (Å²) in [5.74, 6) is 0.00550. The third kappa shape index (κ3) is 1.45. The van der Waals surface area contributed by atoms with Crippen molar-refractivity contribution in [2.45, 2.75) is 6.54 Å². The molecule has 3 aromatic rings. The molecule has 0 radical (unpaired) electrons. The van der Waals surface area contributed by atoms with E-state index in [4.69, 9.17) is 0 Å². The summed E-state index contributed by atoms with van der Waals surface area (Å²) in [7, 11) is 0. The van der Waals surface area contributed by atoms with E-state index in [1.54, 1.807) is 23.4 Å². The molecular weight excluding hydrogens is 240 g/mol. The van der Waals surface area contributed by atoms with Crippen molar-refractivity contribution >= 4 is 22.5 Å². The zero-order valence-electron chi connectivity index (χ0n) is 10.00. The lowest BCUT2D eigenvalue weighted by Gasteiger charge is -2.15. The molecule has 5 nitrogen and oxygen atoms in total. The second kappa shape index (κ2) is 3.65. The molecule has 0 unspecified atom stereocenters. The highest BCUT2D eigenvalue weighted by molar-refractivity contribution is 6.10. The largest absolute Gasteiger partial charge is 0.302 e. The van der Waals surface area contributed by atoms with Crippen molar-refractivity contribution in [3.05, 3.63) is 54.0 Å². The minimum atomic E-state index is 0.00550. The van der Waals surface area contributed by atoms with Gasteiger partial charge in [0.25, 0.3) is 5.91 Å². The number of pyridine rings is 1. The number of H-pyrrole nitrogens is 1. The van der Waals surface area contributed by atoms with Crippen LogP contribution < -0.4 is 4.90 Å². The maximum atomic E-state index is 12.3. The number of aromatic amines is 1. The summed E-state index contributed by atoms with van der Waals surface area (Å²) in [5, 5.41) is 7.88. The molecule has 1 N–H and O–H groups in total. The Hall–Kier alpha value is -2.69. The van der Waals surface area contributed by atoms with Crippen LogP contribution in [0.3, 0.4) is 0 Å². The lowest BCUT2D eigenvalue weighted by atomic mass is 10.2. The van der Waals surface area contributed by atoms with Gasteiger partial charge in [-0.25, -0.2) is 0 Å². The van der Waals surface area contributed by atoms with Crippen LogP contribution in [0.2, 0.25) is 0 Å². The first-order valence-electron chi connectivity index (χ1n) is 6.02. The average molecular weight is 250 g/mol. The number of benzene rings is 1. The first-order valence-corrected chi connectivity index (χ1v) is 6.02. The van der Waals surface area contributed by atoms with Crippen LogP contribution in [-0.4, -0.2) is 21.1 Å². The number of rotatable bonds is 1. The first kappa shape index (κ1) is 10.3. The zero-order chi connectivity index (χ0) is 12.8. The summed E-state index contributed by atoms with van der Waals surface area (Å²) in [4.78, 5) is 18.3. The minimum Gasteiger partial charge on any atom is -0.302 e. The Kier molecular flexibility index (Phi) is 1.97. The van der Waals surface area contributed by atoms with Crippen molar-refractivity contribution in [3.8, 4) is 0 Å². The van der Waals surface area contributed by atoms with Crippen molar-refractivity contribution < 1.29 is 4.79 Å². The topological polar surface area (TPSA) is 61.9 Å². The first-order chi connectivity index (χ1) is 9.33. The summed E-state index contributed by atoms with van der Waals surface area (Å²) >= 11 is 0. The molecule has 0 bridgehead atoms. The number of carbonyl (C=O) groups excluding carboxylic acids is 1. The highest BCUT2D eigenvalue weighted by atomic mass is 16.2. The van der Waals surface area contributed by atoms with E-state index in [1.807, 2.05) is 24.3 Å². The highest BCUT2D eigenvalue weighted by Crippen LogP contribution is 2.28. The van der Waals surface area contributed by atoms with Crippen LogP contribution in [0.25, 0.3) is 10.9 Å². The maximum Gasteiger partial charge on any atom is 0.260 e. The van der Waals surface area contributed by atoms with Crippen molar-refractivity contribution in [1.82, 2.24) is 15.2 Å². The van der Waals surface area contributed by atoms with Gasteiger partial charge in [-0.2, -0.15) is 5.10 Å². The van der Waals surface area contributed by atoms with Crippen LogP contribution in [0, 0.1) is 0 Å². The molecule has 0 aliphatic carbocycles. The van der Waals surface area contributed by atoms with Crippen molar-refractivity contribution in [2.24, 2.45) is 0 Å². The van der Waals surface area contributed by atoms with Crippen LogP contribution in [-0.2, 0) is 6.54 Å². The molecule has 0 saturated carbocycles. The van der Waals surface area contributed by atoms with Gasteiger partial charge in [0.1, 0.15) is 0 Å². The number of hydrogen-bond acceptors (Lipinski definition) is 3. The Morgan fingerprint density at radius 3 is 3.11 bits per heavy atom. The van der Waals surface area contributed by atoms with Gasteiger partial charge in [-0.3, -0.25) is 14.9 Å². The van der Waals surface area contributed by atoms with E-state index in [-0.39, 0.29) is 5.91 Å². The number of amides is 1. The molecule has 1 aliphatic heterocycles. The quantitative estimate of drug-likeness (QED) is 0.719. The molecular formula is C14H10N4O. The Balaban J connectivity index is 1.80. The monoisotopic (exact) mass is 250 g/mol. The van der Waals surface area contributed by atoms with Crippen LogP contribution in [0.15, 0.2) is 42.7 Å². The molecule has 0 atom stereocenters. The standard InChI is InChI=1S/C14H10N4O/c19-14-11-2-1-5-15-13(11)8-18(14)10-3-4-12-9(6-10)7-16-17-12/h1-7H,8H2,(H,16,17). The van der Waals surface area contributed by atoms with Gasteiger partial charge in [0.2, 0.25) is 0 Å². The molecule has 92 valence electrons. The van der Waals surface area contributed by atoms with Crippen LogP contribution in [0.4, 0.5) is 5.69 Å². The third-order valence-corrected chi connectivity index (χ3v) is 3.41. The van der Waals surface area contributed by atoms with Crippen molar-refractivity contribution in [1.29, 1.82) is 0 Å². The van der Waals surface area contributed by atoms with E-state index in [9.17, 15) is 4.79 Å². The molecule has 1 aliphatic rings. The molecule has 3 heterocycles. The number of carbonyl (C=O) groups is 1. The fourth-order valence-corrected chi connectivity index (χ4v) is 2.43. The van der Waals surface area contributed by atoms with Gasteiger partial charge in [-0.05, 0) is 30.3 Å². The summed E-state index contributed by atoms with van der Waals surface area (Å²) in [6.07, 6.45) is 3.47. The lowest BCUT2D eigenvalue weighted by molar-refractivity contribution is 0.0996. The third-order valence-electron chi connectivity index (χ3n) is 3.41. The molecule has 1 amide bonds. The van der Waals surface area contributed by atoms with E-state index in [0.717, 1.165) is 22.3 Å². The van der Waals surface area contributed by atoms with Gasteiger partial charge in [0, 0.05) is 17.3 Å². The summed E-state index contributed by atoms with van der Waals surface area (Å²) in [5.41, 5.74) is 3.36. The molecule has 2 aromatic heterocycles. The van der Waals surface area contributed by atoms with Crippen molar-refractivity contribution in [2.75, 3.05) is 4.90 Å². The minimum absolute atomic E-state index is 0.00550. The summed E-state index contributed by atoms with van der Waals surface area (Å²) < 4.78 is 0. The molecule has 1 aromatic carbocycles. The van der Waals surface area contributed by atoms with Crippen LogP contribution >= 0.6 is 0 Å². The van der Waals surface area contributed by atoms with E-state index >= 15 is 0 Å². The maximum absolute atomic E-state index is 12.3. The Morgan fingerprint density at radius 2 is 2.21 bits per heavy atom. The number of aromatic nitrogens is 3. The second-order valence-corrected chi connectivity index (χ2v) is 4.53. The Morgan fingerprint density at radius 1 is 1.26 bits per heavy atom. The van der Waals surface area contributed by atoms with Gasteiger partial charge in [0.05, 0.1) is 29.5 Å². The van der Waals surface area contributed by atoms with Gasteiger partial charge in [0.15, 0.2) is 0 Å². The predicted octanol–water partition coefficient (Wildman–Crippen LogP) is 2.12. The Labute approximate surface area is 108 Å². The lowest BCUT2D eigenvalue weighted by Crippen LogP contribution is -2.22. The number of nitrogens with one attached hydrogen (secondary N) is 1. The van der Waals surface area contributed by atoms with Crippen LogP contribution in [0.5, 0.6) is 0 Å². The Bertz CT molecular complexity index is 793. The molecule has 4 rings (SSSR count). The van der Waals surface area contributed by atoms with E-state index in [2.05, 4.69) is 15.2 Å². The van der Waals surface area contributed by atoms with Crippen LogP contribution in [0.1, 0.15) is 16.1 Å². The second-order valence-electron chi connectivity index (χ2n) is 4.53. The number of nitrogens with zero attached hydrogens (tertiary/aromatic N) is 3. The highest BCUT2D eigenvalue weighted by Gasteiger charge is 2.29. The SMILES string of the molecule is O=C1c2cccnc2CN1c1ccc2[nH]ncc2c1. The summed E-state index contributed by atoms with van der Waals surface area (Å²) in [6.45, 7) is 0.526. The molecule has 5 heteroatoms. The van der Waals surface area contributed by atoms with E-state index in [1.165, 1.54) is 0 Å². The van der Waals surface area contributed by atoms with Gasteiger partial charge in [-0.15, -0.1) is 0 Å². The van der Waals surface area contributed by atoms with Crippen molar-refractivity contribution in [3.63, 3.8) is 0 Å². The number of fused-ring (bicyclic) bond motifs is 2. The predicted molar refractivity (Wildman–Crippen MR) is 70.8 cm³/mol. The smallest absolute Gasteiger partial charge is 0.260 e. The molecule has 0 fully saturated rings. The fraction of sp³-hybridized carbons (Fsp3) is 0.0714. The normalized spacial score (nSPS) is 14.1. The zero-order valence-corrected chi connectivity index (χ0v) is 10.00. The molecule has 0 saturated heterocycles. The molecule has 0 spiro atoms. The van der Waals surface area contributed by atoms with Gasteiger partial charge < -0.3 is 4.90 Å². The fourth-order valence-electron chi connectivity index (χ4n) is 2.43. The molecule has 19 heavy (non-hydrogen) atoms. The average Bonchev–Trinajstić information content (AvgIpc) is 3.03. The number of anilines is 1. The summed E-state index contributed by atoms with van der Waals surface area (Å²) in [6, 6.07) is 9.43.